The van der Waals surface area contributed by atoms with Crippen molar-refractivity contribution >= 4 is 16.0 Å². The molecular weight excluding hydrogens is 258 g/mol. The molecule has 0 aliphatic rings. The number of hydrogen-bond acceptors (Lipinski definition) is 4. The lowest BCUT2D eigenvalue weighted by atomic mass is 10.2. The summed E-state index contributed by atoms with van der Waals surface area (Å²) >= 11 is 0. The van der Waals surface area contributed by atoms with Gasteiger partial charge in [0.1, 0.15) is 0 Å². The number of rotatable bonds is 7. The van der Waals surface area contributed by atoms with Crippen LogP contribution in [0.15, 0.2) is 29.2 Å². The molecule has 0 aliphatic carbocycles. The van der Waals surface area contributed by atoms with Crippen LogP contribution in [0.3, 0.4) is 0 Å². The van der Waals surface area contributed by atoms with Gasteiger partial charge in [-0.15, -0.1) is 0 Å². The Labute approximate surface area is 106 Å². The highest BCUT2D eigenvalue weighted by Gasteiger charge is 2.14. The van der Waals surface area contributed by atoms with Crippen molar-refractivity contribution in [2.24, 2.45) is 0 Å². The molecule has 0 aromatic heterocycles. The van der Waals surface area contributed by atoms with Gasteiger partial charge in [-0.3, -0.25) is 4.79 Å². The molecule has 1 aromatic carbocycles. The molecule has 0 bridgehead atoms. The van der Waals surface area contributed by atoms with Gasteiger partial charge in [-0.05, 0) is 17.7 Å². The Morgan fingerprint density at radius 3 is 2.78 bits per heavy atom. The van der Waals surface area contributed by atoms with Crippen LogP contribution >= 0.6 is 0 Å². The molecule has 0 aliphatic heterocycles. The SMILES string of the molecule is COCc1cccc(S(=O)(=O)NCCC(=O)O)c1. The van der Waals surface area contributed by atoms with Crippen molar-refractivity contribution in [1.29, 1.82) is 0 Å². The Kier molecular flexibility index (Phi) is 5.26. The van der Waals surface area contributed by atoms with Crippen LogP contribution in [0.25, 0.3) is 0 Å². The molecule has 0 amide bonds. The quantitative estimate of drug-likeness (QED) is 0.758. The summed E-state index contributed by atoms with van der Waals surface area (Å²) in [5, 5.41) is 8.44. The van der Waals surface area contributed by atoms with E-state index < -0.39 is 16.0 Å². The molecule has 2 N–H and O–H groups in total. The van der Waals surface area contributed by atoms with Crippen LogP contribution in [0.1, 0.15) is 12.0 Å². The zero-order valence-corrected chi connectivity index (χ0v) is 10.7. The number of carbonyl (C=O) groups is 1. The zero-order chi connectivity index (χ0) is 13.6. The molecule has 0 saturated heterocycles. The van der Waals surface area contributed by atoms with Crippen LogP contribution in [0, 0.1) is 0 Å². The Bertz CT molecular complexity index is 512. The molecule has 6 nitrogen and oxygen atoms in total. The molecule has 7 heteroatoms. The lowest BCUT2D eigenvalue weighted by Gasteiger charge is -2.07. The van der Waals surface area contributed by atoms with Crippen LogP contribution in [-0.4, -0.2) is 33.1 Å². The van der Waals surface area contributed by atoms with E-state index in [9.17, 15) is 13.2 Å². The second-order valence-corrected chi connectivity index (χ2v) is 5.39. The first-order chi connectivity index (χ1) is 8.45. The van der Waals surface area contributed by atoms with Gasteiger partial charge in [0.15, 0.2) is 0 Å². The summed E-state index contributed by atoms with van der Waals surface area (Å²) in [5.41, 5.74) is 0.735. The number of benzene rings is 1. The third kappa shape index (κ3) is 4.44. The second kappa shape index (κ2) is 6.48. The average Bonchev–Trinajstić information content (AvgIpc) is 2.29. The van der Waals surface area contributed by atoms with Crippen LogP contribution in [0.4, 0.5) is 0 Å². The fourth-order valence-corrected chi connectivity index (χ4v) is 2.45. The van der Waals surface area contributed by atoms with Gasteiger partial charge in [0.05, 0.1) is 17.9 Å². The number of sulfonamides is 1. The molecule has 100 valence electrons. The smallest absolute Gasteiger partial charge is 0.304 e. The van der Waals surface area contributed by atoms with Gasteiger partial charge in [0.25, 0.3) is 0 Å². The van der Waals surface area contributed by atoms with E-state index in [1.165, 1.54) is 19.2 Å². The summed E-state index contributed by atoms with van der Waals surface area (Å²) in [6.07, 6.45) is -0.253. The standard InChI is InChI=1S/C11H15NO5S/c1-17-8-9-3-2-4-10(7-9)18(15,16)12-6-5-11(13)14/h2-4,7,12H,5-6,8H2,1H3,(H,13,14). The van der Waals surface area contributed by atoms with Gasteiger partial charge in [-0.1, -0.05) is 12.1 Å². The fraction of sp³-hybridized carbons (Fsp3) is 0.364. The lowest BCUT2D eigenvalue weighted by molar-refractivity contribution is -0.136. The van der Waals surface area contributed by atoms with Gasteiger partial charge in [0.2, 0.25) is 10.0 Å². The van der Waals surface area contributed by atoms with Crippen molar-refractivity contribution in [3.63, 3.8) is 0 Å². The van der Waals surface area contributed by atoms with Crippen molar-refractivity contribution in [3.8, 4) is 0 Å². The Balaban J connectivity index is 2.77. The first kappa shape index (κ1) is 14.6. The van der Waals surface area contributed by atoms with Crippen molar-refractivity contribution in [3.05, 3.63) is 29.8 Å². The molecule has 0 unspecified atom stereocenters. The molecule has 0 fully saturated rings. The lowest BCUT2D eigenvalue weighted by Crippen LogP contribution is -2.26. The number of hydrogen-bond donors (Lipinski definition) is 2. The van der Waals surface area contributed by atoms with Crippen LogP contribution in [0.5, 0.6) is 0 Å². The maximum Gasteiger partial charge on any atom is 0.304 e. The largest absolute Gasteiger partial charge is 0.481 e. The van der Waals surface area contributed by atoms with E-state index in [1.807, 2.05) is 0 Å². The molecule has 0 radical (unpaired) electrons. The monoisotopic (exact) mass is 273 g/mol. The van der Waals surface area contributed by atoms with Crippen LogP contribution in [-0.2, 0) is 26.2 Å². The molecular formula is C11H15NO5S. The molecule has 0 atom stereocenters. The summed E-state index contributed by atoms with van der Waals surface area (Å²) in [7, 11) is -2.15. The van der Waals surface area contributed by atoms with Crippen LogP contribution in [0.2, 0.25) is 0 Å². The van der Waals surface area contributed by atoms with Crippen molar-refractivity contribution in [2.45, 2.75) is 17.9 Å². The first-order valence-electron chi connectivity index (χ1n) is 5.25. The number of nitrogens with one attached hydrogen (secondary N) is 1. The van der Waals surface area contributed by atoms with Crippen molar-refractivity contribution < 1.29 is 23.1 Å². The number of carboxylic acid groups (broad SMARTS) is 1. The summed E-state index contributed by atoms with van der Waals surface area (Å²) in [6, 6.07) is 6.30. The minimum Gasteiger partial charge on any atom is -0.481 e. The minimum atomic E-state index is -3.67. The van der Waals surface area contributed by atoms with E-state index in [-0.39, 0.29) is 17.9 Å². The molecule has 18 heavy (non-hydrogen) atoms. The zero-order valence-electron chi connectivity index (χ0n) is 9.92. The predicted octanol–water partition coefficient (Wildman–Crippen LogP) is 0.586. The molecule has 0 heterocycles. The topological polar surface area (TPSA) is 92.7 Å². The normalized spacial score (nSPS) is 11.4. The van der Waals surface area contributed by atoms with E-state index in [4.69, 9.17) is 9.84 Å². The summed E-state index contributed by atoms with van der Waals surface area (Å²) in [5.74, 6) is -1.05. The third-order valence-electron chi connectivity index (χ3n) is 2.15. The molecule has 1 aromatic rings. The first-order valence-corrected chi connectivity index (χ1v) is 6.73. The van der Waals surface area contributed by atoms with E-state index in [0.717, 1.165) is 5.56 Å². The van der Waals surface area contributed by atoms with Gasteiger partial charge < -0.3 is 9.84 Å². The highest BCUT2D eigenvalue weighted by Crippen LogP contribution is 2.12. The van der Waals surface area contributed by atoms with E-state index in [1.54, 1.807) is 12.1 Å². The maximum atomic E-state index is 11.8. The average molecular weight is 273 g/mol. The number of methoxy groups -OCH3 is 1. The maximum absolute atomic E-state index is 11.8. The fourth-order valence-electron chi connectivity index (χ4n) is 1.34. The van der Waals surface area contributed by atoms with Crippen LogP contribution < -0.4 is 4.72 Å². The number of carboxylic acids is 1. The molecule has 1 rings (SSSR count). The summed E-state index contributed by atoms with van der Waals surface area (Å²) in [4.78, 5) is 10.4. The van der Waals surface area contributed by atoms with Gasteiger partial charge in [0, 0.05) is 13.7 Å². The number of ether oxygens (including phenoxy) is 1. The van der Waals surface area contributed by atoms with Gasteiger partial charge >= 0.3 is 5.97 Å². The minimum absolute atomic E-state index is 0.0995. The van der Waals surface area contributed by atoms with Crippen molar-refractivity contribution in [2.75, 3.05) is 13.7 Å². The molecule has 0 spiro atoms. The Morgan fingerprint density at radius 2 is 2.17 bits per heavy atom. The predicted molar refractivity (Wildman–Crippen MR) is 64.6 cm³/mol. The highest BCUT2D eigenvalue weighted by atomic mass is 32.2. The number of aliphatic carboxylic acids is 1. The van der Waals surface area contributed by atoms with E-state index >= 15 is 0 Å². The summed E-state index contributed by atoms with van der Waals surface area (Å²) in [6.45, 7) is 0.185. The van der Waals surface area contributed by atoms with E-state index in [2.05, 4.69) is 4.72 Å². The highest BCUT2D eigenvalue weighted by molar-refractivity contribution is 7.89. The Morgan fingerprint density at radius 1 is 1.44 bits per heavy atom. The Hall–Kier alpha value is -1.44. The van der Waals surface area contributed by atoms with E-state index in [0.29, 0.717) is 6.61 Å². The van der Waals surface area contributed by atoms with Gasteiger partial charge in [-0.2, -0.15) is 0 Å². The summed E-state index contributed by atoms with van der Waals surface area (Å²) < 4.78 is 30.8. The second-order valence-electron chi connectivity index (χ2n) is 3.62. The van der Waals surface area contributed by atoms with Crippen molar-refractivity contribution in [1.82, 2.24) is 4.72 Å². The third-order valence-corrected chi connectivity index (χ3v) is 3.61. The van der Waals surface area contributed by atoms with Gasteiger partial charge in [-0.25, -0.2) is 13.1 Å². The molecule has 0 saturated carbocycles.